The number of hydrogen-bond donors (Lipinski definition) is 2. The highest BCUT2D eigenvalue weighted by molar-refractivity contribution is 14.1. The van der Waals surface area contributed by atoms with Gasteiger partial charge in [-0.3, -0.25) is 10.1 Å². The molecule has 0 aliphatic carbocycles. The minimum Gasteiger partial charge on any atom is -0.495 e. The van der Waals surface area contributed by atoms with Gasteiger partial charge in [-0.2, -0.15) is 4.80 Å². The second kappa shape index (κ2) is 9.16. The fourth-order valence-corrected chi connectivity index (χ4v) is 3.96. The molecule has 1 aromatic heterocycles. The number of amides is 1. The van der Waals surface area contributed by atoms with E-state index in [2.05, 4.69) is 43.4 Å². The van der Waals surface area contributed by atoms with Crippen LogP contribution in [0, 0.1) is 3.57 Å². The molecule has 0 atom stereocenters. The summed E-state index contributed by atoms with van der Waals surface area (Å²) in [5.41, 5.74) is 3.30. The molecule has 4 aromatic rings. The third-order valence-electron chi connectivity index (χ3n) is 4.35. The molecular weight excluding hydrogens is 549 g/mol. The van der Waals surface area contributed by atoms with Crippen molar-refractivity contribution >= 4 is 74.2 Å². The van der Waals surface area contributed by atoms with Crippen LogP contribution in [0.5, 0.6) is 5.75 Å². The topological polar surface area (TPSA) is 81.1 Å². The van der Waals surface area contributed by atoms with E-state index in [0.717, 1.165) is 3.57 Å². The van der Waals surface area contributed by atoms with Gasteiger partial charge < -0.3 is 10.1 Å². The number of rotatable bonds is 4. The van der Waals surface area contributed by atoms with Gasteiger partial charge in [0.15, 0.2) is 5.11 Å². The smallest absolute Gasteiger partial charge is 0.258 e. The molecule has 0 saturated carbocycles. The average Bonchev–Trinajstić information content (AvgIpc) is 3.17. The number of anilines is 1. The van der Waals surface area contributed by atoms with Crippen LogP contribution in [0.25, 0.3) is 16.7 Å². The fourth-order valence-electron chi connectivity index (χ4n) is 2.87. The third-order valence-corrected chi connectivity index (χ3v) is 5.79. The van der Waals surface area contributed by atoms with Gasteiger partial charge in [0.05, 0.1) is 23.4 Å². The summed E-state index contributed by atoms with van der Waals surface area (Å²) in [6.07, 6.45) is 0. The lowest BCUT2D eigenvalue weighted by Gasteiger charge is -2.10. The molecule has 31 heavy (non-hydrogen) atoms. The third kappa shape index (κ3) is 4.78. The summed E-state index contributed by atoms with van der Waals surface area (Å²) < 4.78 is 6.02. The van der Waals surface area contributed by atoms with E-state index in [1.54, 1.807) is 37.4 Å². The first-order valence-electron chi connectivity index (χ1n) is 9.02. The summed E-state index contributed by atoms with van der Waals surface area (Å²) in [6, 6.07) is 18.0. The Bertz CT molecular complexity index is 1310. The van der Waals surface area contributed by atoms with Crippen molar-refractivity contribution in [1.29, 1.82) is 0 Å². The Morgan fingerprint density at radius 2 is 1.87 bits per heavy atom. The SMILES string of the molecule is COc1ccc(-n2nc3ccc(NC(=S)NC(=O)c4ccccc4I)cc3n2)cc1Cl. The standard InChI is InChI=1S/C21H15ClIN5O2S/c1-30-19-9-7-13(11-15(19)22)28-26-17-8-6-12(10-18(17)27-28)24-21(31)25-20(29)14-4-2-3-5-16(14)23/h2-11H,1H3,(H2,24,25,29,31). The zero-order valence-corrected chi connectivity index (χ0v) is 19.8. The zero-order valence-electron chi connectivity index (χ0n) is 16.1. The first-order chi connectivity index (χ1) is 14.9. The van der Waals surface area contributed by atoms with Gasteiger partial charge in [-0.05, 0) is 83.3 Å². The highest BCUT2D eigenvalue weighted by atomic mass is 127. The summed E-state index contributed by atoms with van der Waals surface area (Å²) in [5, 5.41) is 15.3. The monoisotopic (exact) mass is 563 g/mol. The maximum Gasteiger partial charge on any atom is 0.258 e. The Hall–Kier alpha value is -2.76. The summed E-state index contributed by atoms with van der Waals surface area (Å²) >= 11 is 13.6. The van der Waals surface area contributed by atoms with E-state index in [1.807, 2.05) is 30.3 Å². The van der Waals surface area contributed by atoms with Crippen molar-refractivity contribution in [1.82, 2.24) is 20.3 Å². The van der Waals surface area contributed by atoms with Crippen LogP contribution < -0.4 is 15.4 Å². The predicted molar refractivity (Wildman–Crippen MR) is 133 cm³/mol. The summed E-state index contributed by atoms with van der Waals surface area (Å²) in [5.74, 6) is 0.306. The van der Waals surface area contributed by atoms with Crippen LogP contribution in [-0.4, -0.2) is 33.1 Å². The number of ether oxygens (including phenoxy) is 1. The van der Waals surface area contributed by atoms with Crippen LogP contribution in [0.3, 0.4) is 0 Å². The van der Waals surface area contributed by atoms with Crippen molar-refractivity contribution in [2.24, 2.45) is 0 Å². The van der Waals surface area contributed by atoms with Crippen molar-refractivity contribution < 1.29 is 9.53 Å². The van der Waals surface area contributed by atoms with Gasteiger partial charge in [-0.1, -0.05) is 23.7 Å². The van der Waals surface area contributed by atoms with Gasteiger partial charge in [0.25, 0.3) is 5.91 Å². The average molecular weight is 564 g/mol. The number of fused-ring (bicyclic) bond motifs is 1. The van der Waals surface area contributed by atoms with E-state index >= 15 is 0 Å². The molecule has 0 fully saturated rings. The molecule has 0 aliphatic rings. The van der Waals surface area contributed by atoms with Crippen LogP contribution in [0.1, 0.15) is 10.4 Å². The van der Waals surface area contributed by atoms with E-state index < -0.39 is 0 Å². The Balaban J connectivity index is 1.50. The van der Waals surface area contributed by atoms with Gasteiger partial charge in [0, 0.05) is 9.26 Å². The molecule has 0 saturated heterocycles. The van der Waals surface area contributed by atoms with Crippen molar-refractivity contribution in [2.45, 2.75) is 0 Å². The van der Waals surface area contributed by atoms with Crippen molar-refractivity contribution in [3.8, 4) is 11.4 Å². The van der Waals surface area contributed by atoms with E-state index in [9.17, 15) is 4.79 Å². The molecule has 10 heteroatoms. The molecule has 7 nitrogen and oxygen atoms in total. The lowest BCUT2D eigenvalue weighted by Crippen LogP contribution is -2.34. The highest BCUT2D eigenvalue weighted by Crippen LogP contribution is 2.26. The Labute approximate surface area is 201 Å². The number of carbonyl (C=O) groups excluding carboxylic acids is 1. The van der Waals surface area contributed by atoms with Gasteiger partial charge in [-0.25, -0.2) is 0 Å². The highest BCUT2D eigenvalue weighted by Gasteiger charge is 2.12. The van der Waals surface area contributed by atoms with Crippen molar-refractivity contribution in [2.75, 3.05) is 12.4 Å². The fraction of sp³-hybridized carbons (Fsp3) is 0.0476. The lowest BCUT2D eigenvalue weighted by molar-refractivity contribution is 0.0977. The van der Waals surface area contributed by atoms with E-state index in [1.165, 1.54) is 4.80 Å². The number of carbonyl (C=O) groups is 1. The summed E-state index contributed by atoms with van der Waals surface area (Å²) in [7, 11) is 1.56. The molecule has 0 bridgehead atoms. The minimum atomic E-state index is -0.272. The molecule has 0 radical (unpaired) electrons. The molecular formula is C21H15ClIN5O2S. The van der Waals surface area contributed by atoms with Crippen LogP contribution >= 0.6 is 46.4 Å². The maximum absolute atomic E-state index is 12.4. The van der Waals surface area contributed by atoms with E-state index in [0.29, 0.717) is 38.7 Å². The predicted octanol–water partition coefficient (Wildman–Crippen LogP) is 4.81. The molecule has 3 aromatic carbocycles. The summed E-state index contributed by atoms with van der Waals surface area (Å²) in [6.45, 7) is 0. The molecule has 1 heterocycles. The number of halogens is 2. The Kier molecular flexibility index (Phi) is 6.35. The first kappa shape index (κ1) is 21.5. The van der Waals surface area contributed by atoms with Gasteiger partial charge in [0.2, 0.25) is 0 Å². The van der Waals surface area contributed by atoms with Crippen LogP contribution in [-0.2, 0) is 0 Å². The largest absolute Gasteiger partial charge is 0.495 e. The molecule has 0 spiro atoms. The van der Waals surface area contributed by atoms with Crippen LogP contribution in [0.15, 0.2) is 60.7 Å². The Morgan fingerprint density at radius 1 is 1.10 bits per heavy atom. The van der Waals surface area contributed by atoms with Crippen molar-refractivity contribution in [3.63, 3.8) is 0 Å². The molecule has 0 unspecified atom stereocenters. The number of hydrogen-bond acceptors (Lipinski definition) is 5. The number of nitrogens with one attached hydrogen (secondary N) is 2. The summed E-state index contributed by atoms with van der Waals surface area (Å²) in [4.78, 5) is 13.9. The van der Waals surface area contributed by atoms with Crippen molar-refractivity contribution in [3.05, 3.63) is 74.8 Å². The first-order valence-corrected chi connectivity index (χ1v) is 10.9. The second-order valence-corrected chi connectivity index (χ2v) is 8.38. The van der Waals surface area contributed by atoms with E-state index in [4.69, 9.17) is 28.6 Å². The molecule has 4 rings (SSSR count). The number of aromatic nitrogens is 3. The minimum absolute atomic E-state index is 0.193. The Morgan fingerprint density at radius 3 is 2.61 bits per heavy atom. The number of nitrogens with zero attached hydrogens (tertiary/aromatic N) is 3. The van der Waals surface area contributed by atoms with Gasteiger partial charge in [0.1, 0.15) is 16.8 Å². The maximum atomic E-state index is 12.4. The quantitative estimate of drug-likeness (QED) is 0.274. The van der Waals surface area contributed by atoms with Gasteiger partial charge in [-0.15, -0.1) is 10.2 Å². The molecule has 2 N–H and O–H groups in total. The van der Waals surface area contributed by atoms with Crippen LogP contribution in [0.2, 0.25) is 5.02 Å². The number of methoxy groups -OCH3 is 1. The normalized spacial score (nSPS) is 10.7. The number of thiocarbonyl (C=S) groups is 1. The van der Waals surface area contributed by atoms with E-state index in [-0.39, 0.29) is 11.0 Å². The van der Waals surface area contributed by atoms with Crippen LogP contribution in [0.4, 0.5) is 5.69 Å². The lowest BCUT2D eigenvalue weighted by atomic mass is 10.2. The molecule has 0 aliphatic heterocycles. The second-order valence-electron chi connectivity index (χ2n) is 6.40. The molecule has 156 valence electrons. The zero-order chi connectivity index (χ0) is 22.0. The molecule has 1 amide bonds. The number of benzene rings is 3. The van der Waals surface area contributed by atoms with Gasteiger partial charge >= 0.3 is 0 Å².